The van der Waals surface area contributed by atoms with Crippen LogP contribution in [0.1, 0.15) is 45.6 Å². The van der Waals surface area contributed by atoms with E-state index >= 15 is 0 Å². The minimum absolute atomic E-state index is 0.828. The summed E-state index contributed by atoms with van der Waals surface area (Å²) in [5.74, 6) is 2.65. The largest absolute Gasteiger partial charge is 0.340 e. The Morgan fingerprint density at radius 2 is 1.89 bits per heavy atom. The van der Waals surface area contributed by atoms with Gasteiger partial charge in [-0.15, -0.1) is 0 Å². The lowest BCUT2D eigenvalue weighted by Gasteiger charge is -2.35. The Bertz CT molecular complexity index is 344. The first kappa shape index (κ1) is 13.6. The number of quaternary nitrogens is 1. The summed E-state index contributed by atoms with van der Waals surface area (Å²) in [6.07, 6.45) is 4.25. The standard InChI is InChI=1S/C17H27N/c1-13(2)16-10-9-14(3)11-17(16)18-12-15-7-5-4-6-8-15/h4-8,13-14,16-18H,9-12H2,1-3H3/p+1/t14-,16-,17+/m0/s1. The first-order valence-electron chi connectivity index (χ1n) is 7.54. The van der Waals surface area contributed by atoms with E-state index in [2.05, 4.69) is 56.4 Å². The van der Waals surface area contributed by atoms with Gasteiger partial charge >= 0.3 is 0 Å². The Hall–Kier alpha value is -0.820. The number of hydrogen-bond acceptors (Lipinski definition) is 0. The average molecular weight is 246 g/mol. The van der Waals surface area contributed by atoms with Gasteiger partial charge in [-0.1, -0.05) is 51.1 Å². The van der Waals surface area contributed by atoms with E-state index < -0.39 is 0 Å². The van der Waals surface area contributed by atoms with Crippen LogP contribution in [-0.2, 0) is 6.54 Å². The van der Waals surface area contributed by atoms with E-state index in [-0.39, 0.29) is 0 Å². The normalized spacial score (nSPS) is 28.6. The zero-order chi connectivity index (χ0) is 13.0. The molecule has 1 nitrogen and oxygen atoms in total. The van der Waals surface area contributed by atoms with E-state index in [4.69, 9.17) is 0 Å². The summed E-state index contributed by atoms with van der Waals surface area (Å²) >= 11 is 0. The number of hydrogen-bond donors (Lipinski definition) is 1. The summed E-state index contributed by atoms with van der Waals surface area (Å²) in [5.41, 5.74) is 1.46. The second-order valence-electron chi connectivity index (χ2n) is 6.42. The third-order valence-electron chi connectivity index (χ3n) is 4.57. The molecular weight excluding hydrogens is 218 g/mol. The molecule has 0 aromatic heterocycles. The molecule has 0 aliphatic heterocycles. The monoisotopic (exact) mass is 246 g/mol. The van der Waals surface area contributed by atoms with Crippen molar-refractivity contribution in [3.05, 3.63) is 35.9 Å². The first-order chi connectivity index (χ1) is 8.66. The van der Waals surface area contributed by atoms with Gasteiger partial charge in [0.15, 0.2) is 0 Å². The lowest BCUT2D eigenvalue weighted by molar-refractivity contribution is -0.715. The predicted octanol–water partition coefficient (Wildman–Crippen LogP) is 3.21. The minimum Gasteiger partial charge on any atom is -0.340 e. The molecule has 1 saturated carbocycles. The Morgan fingerprint density at radius 1 is 1.17 bits per heavy atom. The number of benzene rings is 1. The van der Waals surface area contributed by atoms with Gasteiger partial charge in [-0.05, 0) is 24.7 Å². The van der Waals surface area contributed by atoms with Crippen molar-refractivity contribution in [1.82, 2.24) is 0 Å². The molecule has 1 aliphatic rings. The molecule has 1 aromatic rings. The Balaban J connectivity index is 1.92. The van der Waals surface area contributed by atoms with Crippen molar-refractivity contribution in [2.45, 2.75) is 52.6 Å². The van der Waals surface area contributed by atoms with Crippen molar-refractivity contribution in [3.8, 4) is 0 Å². The van der Waals surface area contributed by atoms with E-state index in [0.717, 1.165) is 30.3 Å². The highest BCUT2D eigenvalue weighted by Crippen LogP contribution is 2.31. The van der Waals surface area contributed by atoms with Crippen molar-refractivity contribution >= 4 is 0 Å². The highest BCUT2D eigenvalue weighted by atomic mass is 14.9. The minimum atomic E-state index is 0.828. The van der Waals surface area contributed by atoms with Crippen molar-refractivity contribution < 1.29 is 5.32 Å². The van der Waals surface area contributed by atoms with Gasteiger partial charge in [-0.25, -0.2) is 0 Å². The summed E-state index contributed by atoms with van der Waals surface area (Å²) in [7, 11) is 0. The molecule has 18 heavy (non-hydrogen) atoms. The van der Waals surface area contributed by atoms with Gasteiger partial charge in [0.2, 0.25) is 0 Å². The summed E-state index contributed by atoms with van der Waals surface area (Å²) in [6.45, 7) is 8.34. The Morgan fingerprint density at radius 3 is 2.56 bits per heavy atom. The molecule has 1 aliphatic carbocycles. The molecular formula is C17H28N+. The van der Waals surface area contributed by atoms with Gasteiger partial charge in [0, 0.05) is 17.9 Å². The summed E-state index contributed by atoms with van der Waals surface area (Å²) < 4.78 is 0. The fourth-order valence-corrected chi connectivity index (χ4v) is 3.45. The van der Waals surface area contributed by atoms with E-state index in [1.54, 1.807) is 0 Å². The zero-order valence-corrected chi connectivity index (χ0v) is 12.1. The molecule has 0 bridgehead atoms. The van der Waals surface area contributed by atoms with Crippen molar-refractivity contribution in [3.63, 3.8) is 0 Å². The molecule has 100 valence electrons. The summed E-state index contributed by atoms with van der Waals surface area (Å²) in [4.78, 5) is 0. The maximum Gasteiger partial charge on any atom is 0.101 e. The molecule has 1 fully saturated rings. The van der Waals surface area contributed by atoms with Gasteiger partial charge in [-0.2, -0.15) is 0 Å². The highest BCUT2D eigenvalue weighted by Gasteiger charge is 2.32. The van der Waals surface area contributed by atoms with Crippen molar-refractivity contribution in [2.75, 3.05) is 0 Å². The fourth-order valence-electron chi connectivity index (χ4n) is 3.45. The van der Waals surface area contributed by atoms with Gasteiger partial charge in [0.05, 0.1) is 6.04 Å². The number of nitrogens with two attached hydrogens (primary N) is 1. The van der Waals surface area contributed by atoms with Crippen LogP contribution >= 0.6 is 0 Å². The zero-order valence-electron chi connectivity index (χ0n) is 12.1. The molecule has 1 aromatic carbocycles. The quantitative estimate of drug-likeness (QED) is 0.840. The first-order valence-corrected chi connectivity index (χ1v) is 7.54. The van der Waals surface area contributed by atoms with Gasteiger partial charge < -0.3 is 5.32 Å². The lowest BCUT2D eigenvalue weighted by Crippen LogP contribution is -2.91. The molecule has 2 rings (SSSR count). The van der Waals surface area contributed by atoms with Crippen LogP contribution in [0.2, 0.25) is 0 Å². The highest BCUT2D eigenvalue weighted by molar-refractivity contribution is 5.13. The van der Waals surface area contributed by atoms with Crippen molar-refractivity contribution in [2.24, 2.45) is 17.8 Å². The third-order valence-corrected chi connectivity index (χ3v) is 4.57. The molecule has 0 heterocycles. The van der Waals surface area contributed by atoms with Gasteiger partial charge in [0.1, 0.15) is 6.54 Å². The average Bonchev–Trinajstić information content (AvgIpc) is 2.37. The smallest absolute Gasteiger partial charge is 0.101 e. The lowest BCUT2D eigenvalue weighted by atomic mass is 9.74. The van der Waals surface area contributed by atoms with Gasteiger partial charge in [0.25, 0.3) is 0 Å². The molecule has 0 saturated heterocycles. The van der Waals surface area contributed by atoms with E-state index in [9.17, 15) is 0 Å². The SMILES string of the molecule is CC(C)[C@@H]1CC[C@H](C)C[C@H]1[NH2+]Cc1ccccc1. The number of rotatable bonds is 4. The molecule has 3 atom stereocenters. The van der Waals surface area contributed by atoms with Crippen LogP contribution in [-0.4, -0.2) is 6.04 Å². The van der Waals surface area contributed by atoms with E-state index in [1.807, 2.05) is 0 Å². The third kappa shape index (κ3) is 3.58. The maximum atomic E-state index is 2.59. The molecule has 0 unspecified atom stereocenters. The van der Waals surface area contributed by atoms with E-state index in [0.29, 0.717) is 0 Å². The summed E-state index contributed by atoms with van der Waals surface area (Å²) in [5, 5.41) is 2.59. The molecule has 1 heteroatoms. The Labute approximate surface area is 112 Å². The summed E-state index contributed by atoms with van der Waals surface area (Å²) in [6, 6.07) is 11.7. The van der Waals surface area contributed by atoms with Crippen LogP contribution in [0.15, 0.2) is 30.3 Å². The fraction of sp³-hybridized carbons (Fsp3) is 0.647. The van der Waals surface area contributed by atoms with Crippen LogP contribution in [0.5, 0.6) is 0 Å². The van der Waals surface area contributed by atoms with Crippen LogP contribution in [0.3, 0.4) is 0 Å². The van der Waals surface area contributed by atoms with Crippen LogP contribution in [0, 0.1) is 17.8 Å². The predicted molar refractivity (Wildman–Crippen MR) is 77.2 cm³/mol. The molecule has 0 radical (unpaired) electrons. The molecule has 0 spiro atoms. The topological polar surface area (TPSA) is 16.6 Å². The van der Waals surface area contributed by atoms with Gasteiger partial charge in [-0.3, -0.25) is 0 Å². The molecule has 0 amide bonds. The van der Waals surface area contributed by atoms with E-state index in [1.165, 1.54) is 24.8 Å². The van der Waals surface area contributed by atoms with Crippen LogP contribution in [0.25, 0.3) is 0 Å². The van der Waals surface area contributed by atoms with Crippen LogP contribution < -0.4 is 5.32 Å². The van der Waals surface area contributed by atoms with Crippen molar-refractivity contribution in [1.29, 1.82) is 0 Å². The maximum absolute atomic E-state index is 2.59. The second-order valence-corrected chi connectivity index (χ2v) is 6.42. The second kappa shape index (κ2) is 6.38. The molecule has 2 N–H and O–H groups in total. The Kier molecular flexibility index (Phi) is 4.82. The van der Waals surface area contributed by atoms with Crippen LogP contribution in [0.4, 0.5) is 0 Å².